The summed E-state index contributed by atoms with van der Waals surface area (Å²) in [6.07, 6.45) is -2.46. The van der Waals surface area contributed by atoms with E-state index in [-0.39, 0.29) is 6.04 Å². The van der Waals surface area contributed by atoms with Crippen LogP contribution in [-0.4, -0.2) is 29.8 Å². The standard InChI is InChI=1S/C12H15F3N2O2/c1-8(10-3-5-16-6-4-10)17-11(18)9(2)19-7-12(13,14)15/h3-6,8-9H,7H2,1-2H3,(H,17,18)/t8-,9+/m0/s1. The van der Waals surface area contributed by atoms with Gasteiger partial charge in [0.2, 0.25) is 5.91 Å². The fourth-order valence-corrected chi connectivity index (χ4v) is 1.36. The molecule has 106 valence electrons. The van der Waals surface area contributed by atoms with Crippen molar-refractivity contribution >= 4 is 5.91 Å². The maximum atomic E-state index is 11.9. The highest BCUT2D eigenvalue weighted by atomic mass is 19.4. The van der Waals surface area contributed by atoms with Crippen LogP contribution in [0.5, 0.6) is 0 Å². The Hall–Kier alpha value is -1.63. The van der Waals surface area contributed by atoms with Crippen LogP contribution in [0.2, 0.25) is 0 Å². The van der Waals surface area contributed by atoms with Crippen LogP contribution in [-0.2, 0) is 9.53 Å². The summed E-state index contributed by atoms with van der Waals surface area (Å²) in [4.78, 5) is 15.5. The van der Waals surface area contributed by atoms with Crippen LogP contribution < -0.4 is 5.32 Å². The van der Waals surface area contributed by atoms with Gasteiger partial charge in [-0.25, -0.2) is 0 Å². The Morgan fingerprint density at radius 2 is 1.95 bits per heavy atom. The van der Waals surface area contributed by atoms with E-state index in [4.69, 9.17) is 0 Å². The Morgan fingerprint density at radius 1 is 1.37 bits per heavy atom. The second kappa shape index (κ2) is 6.51. The molecule has 4 nitrogen and oxygen atoms in total. The van der Waals surface area contributed by atoms with E-state index < -0.39 is 24.8 Å². The summed E-state index contributed by atoms with van der Waals surface area (Å²) in [5.41, 5.74) is 0.811. The first kappa shape index (κ1) is 15.4. The van der Waals surface area contributed by atoms with Crippen molar-refractivity contribution in [1.29, 1.82) is 0 Å². The van der Waals surface area contributed by atoms with Gasteiger partial charge >= 0.3 is 6.18 Å². The molecule has 0 aromatic carbocycles. The van der Waals surface area contributed by atoms with Crippen LogP contribution in [0, 0.1) is 0 Å². The third-order valence-electron chi connectivity index (χ3n) is 2.43. The van der Waals surface area contributed by atoms with Crippen molar-refractivity contribution in [2.45, 2.75) is 32.2 Å². The summed E-state index contributed by atoms with van der Waals surface area (Å²) in [5, 5.41) is 2.57. The van der Waals surface area contributed by atoms with Gasteiger partial charge in [-0.1, -0.05) is 0 Å². The molecule has 1 N–H and O–H groups in total. The van der Waals surface area contributed by atoms with E-state index in [1.807, 2.05) is 0 Å². The van der Waals surface area contributed by atoms with E-state index in [0.29, 0.717) is 0 Å². The zero-order chi connectivity index (χ0) is 14.5. The molecule has 0 fully saturated rings. The molecular weight excluding hydrogens is 261 g/mol. The third-order valence-corrected chi connectivity index (χ3v) is 2.43. The van der Waals surface area contributed by atoms with Crippen molar-refractivity contribution in [1.82, 2.24) is 10.3 Å². The van der Waals surface area contributed by atoms with Crippen molar-refractivity contribution in [3.8, 4) is 0 Å². The van der Waals surface area contributed by atoms with Crippen LogP contribution in [0.1, 0.15) is 25.5 Å². The van der Waals surface area contributed by atoms with Gasteiger partial charge in [0, 0.05) is 12.4 Å². The molecule has 1 rings (SSSR count). The highest BCUT2D eigenvalue weighted by Gasteiger charge is 2.30. The maximum absolute atomic E-state index is 11.9. The topological polar surface area (TPSA) is 51.2 Å². The number of amides is 1. The average Bonchev–Trinajstić information content (AvgIpc) is 2.36. The van der Waals surface area contributed by atoms with Gasteiger partial charge in [-0.15, -0.1) is 0 Å². The SMILES string of the molecule is C[C@H](NC(=O)[C@@H](C)OCC(F)(F)F)c1ccncc1. The highest BCUT2D eigenvalue weighted by molar-refractivity contribution is 5.80. The molecule has 1 aromatic rings. The van der Waals surface area contributed by atoms with Crippen LogP contribution in [0.25, 0.3) is 0 Å². The molecule has 0 saturated heterocycles. The van der Waals surface area contributed by atoms with Gasteiger partial charge in [0.25, 0.3) is 0 Å². The van der Waals surface area contributed by atoms with E-state index in [0.717, 1.165) is 5.56 Å². The molecule has 0 aliphatic heterocycles. The molecule has 1 aromatic heterocycles. The second-order valence-electron chi connectivity index (χ2n) is 4.08. The van der Waals surface area contributed by atoms with Crippen molar-refractivity contribution < 1.29 is 22.7 Å². The van der Waals surface area contributed by atoms with Crippen LogP contribution in [0.3, 0.4) is 0 Å². The quantitative estimate of drug-likeness (QED) is 0.897. The van der Waals surface area contributed by atoms with Crippen LogP contribution >= 0.6 is 0 Å². The van der Waals surface area contributed by atoms with Crippen LogP contribution in [0.4, 0.5) is 13.2 Å². The molecule has 0 radical (unpaired) electrons. The molecule has 0 unspecified atom stereocenters. The van der Waals surface area contributed by atoms with Gasteiger partial charge in [-0.2, -0.15) is 13.2 Å². The summed E-state index contributed by atoms with van der Waals surface area (Å²) < 4.78 is 40.3. The fourth-order valence-electron chi connectivity index (χ4n) is 1.36. The third kappa shape index (κ3) is 5.69. The summed E-state index contributed by atoms with van der Waals surface area (Å²) in [7, 11) is 0. The zero-order valence-corrected chi connectivity index (χ0v) is 10.6. The van der Waals surface area contributed by atoms with Crippen molar-refractivity contribution in [3.63, 3.8) is 0 Å². The van der Waals surface area contributed by atoms with E-state index in [1.165, 1.54) is 6.92 Å². The Morgan fingerprint density at radius 3 is 2.47 bits per heavy atom. The molecule has 0 bridgehead atoms. The zero-order valence-electron chi connectivity index (χ0n) is 10.6. The number of aromatic nitrogens is 1. The normalized spacial score (nSPS) is 14.8. The molecule has 7 heteroatoms. The predicted molar refractivity (Wildman–Crippen MR) is 62.3 cm³/mol. The fraction of sp³-hybridized carbons (Fsp3) is 0.500. The van der Waals surface area contributed by atoms with Crippen molar-refractivity contribution in [2.75, 3.05) is 6.61 Å². The minimum Gasteiger partial charge on any atom is -0.359 e. The summed E-state index contributed by atoms with van der Waals surface area (Å²) in [6, 6.07) is 3.10. The predicted octanol–water partition coefficient (Wildman–Crippen LogP) is 2.23. The second-order valence-corrected chi connectivity index (χ2v) is 4.08. The average molecular weight is 276 g/mol. The Bertz CT molecular complexity index is 409. The number of carbonyl (C=O) groups excluding carboxylic acids is 1. The van der Waals surface area contributed by atoms with Gasteiger partial charge in [0.05, 0.1) is 6.04 Å². The molecule has 0 aliphatic rings. The van der Waals surface area contributed by atoms with E-state index in [1.54, 1.807) is 31.5 Å². The lowest BCUT2D eigenvalue weighted by Gasteiger charge is -2.18. The van der Waals surface area contributed by atoms with Gasteiger partial charge in [-0.3, -0.25) is 9.78 Å². The van der Waals surface area contributed by atoms with Crippen LogP contribution in [0.15, 0.2) is 24.5 Å². The number of pyridine rings is 1. The van der Waals surface area contributed by atoms with Crippen molar-refractivity contribution in [2.24, 2.45) is 0 Å². The lowest BCUT2D eigenvalue weighted by atomic mass is 10.1. The first-order valence-electron chi connectivity index (χ1n) is 5.68. The molecule has 1 heterocycles. The largest absolute Gasteiger partial charge is 0.411 e. The van der Waals surface area contributed by atoms with Gasteiger partial charge in [-0.05, 0) is 31.5 Å². The molecule has 19 heavy (non-hydrogen) atoms. The number of hydrogen-bond donors (Lipinski definition) is 1. The van der Waals surface area contributed by atoms with Gasteiger partial charge in [0.15, 0.2) is 0 Å². The molecule has 0 spiro atoms. The van der Waals surface area contributed by atoms with Gasteiger partial charge in [0.1, 0.15) is 12.7 Å². The Kier molecular flexibility index (Phi) is 5.29. The number of alkyl halides is 3. The first-order valence-corrected chi connectivity index (χ1v) is 5.68. The number of ether oxygens (including phenoxy) is 1. The number of hydrogen-bond acceptors (Lipinski definition) is 3. The first-order chi connectivity index (χ1) is 8.79. The highest BCUT2D eigenvalue weighted by Crippen LogP contribution is 2.16. The molecule has 0 aliphatic carbocycles. The summed E-state index contributed by atoms with van der Waals surface area (Å²) in [5.74, 6) is -0.589. The number of nitrogens with zero attached hydrogens (tertiary/aromatic N) is 1. The van der Waals surface area contributed by atoms with Crippen molar-refractivity contribution in [3.05, 3.63) is 30.1 Å². The monoisotopic (exact) mass is 276 g/mol. The Labute approximate surface area is 109 Å². The number of rotatable bonds is 5. The summed E-state index contributed by atoms with van der Waals surface area (Å²) in [6.45, 7) is 1.56. The van der Waals surface area contributed by atoms with Gasteiger partial charge < -0.3 is 10.1 Å². The molecular formula is C12H15F3N2O2. The molecule has 1 amide bonds. The summed E-state index contributed by atoms with van der Waals surface area (Å²) >= 11 is 0. The lowest BCUT2D eigenvalue weighted by molar-refractivity contribution is -0.185. The smallest absolute Gasteiger partial charge is 0.359 e. The maximum Gasteiger partial charge on any atom is 0.411 e. The van der Waals surface area contributed by atoms with E-state index >= 15 is 0 Å². The van der Waals surface area contributed by atoms with E-state index in [2.05, 4.69) is 15.0 Å². The minimum absolute atomic E-state index is 0.326. The molecule has 2 atom stereocenters. The number of carbonyl (C=O) groups is 1. The van der Waals surface area contributed by atoms with E-state index in [9.17, 15) is 18.0 Å². The number of halogens is 3. The minimum atomic E-state index is -4.44. The lowest BCUT2D eigenvalue weighted by Crippen LogP contribution is -2.37. The number of nitrogens with one attached hydrogen (secondary N) is 1. The molecule has 0 saturated carbocycles. The Balaban J connectivity index is 2.46.